The third kappa shape index (κ3) is 3.84. The number of carboxylic acids is 1. The fourth-order valence-corrected chi connectivity index (χ4v) is 1.95. The number of carboxylic acid groups (broad SMARTS) is 1. The van der Waals surface area contributed by atoms with E-state index in [1.807, 2.05) is 6.07 Å². The second-order valence-corrected chi connectivity index (χ2v) is 4.61. The Labute approximate surface area is 105 Å². The molecule has 1 unspecified atom stereocenters. The number of carbonyl (C=O) groups is 2. The Bertz CT molecular complexity index is 429. The van der Waals surface area contributed by atoms with Crippen LogP contribution in [0.3, 0.4) is 0 Å². The molecule has 5 nitrogen and oxygen atoms in total. The normalized spacial score (nSPS) is 16.0. The summed E-state index contributed by atoms with van der Waals surface area (Å²) < 4.78 is 0. The Morgan fingerprint density at radius 2 is 2.22 bits per heavy atom. The van der Waals surface area contributed by atoms with Crippen LogP contribution in [0.5, 0.6) is 0 Å². The largest absolute Gasteiger partial charge is 0.481 e. The van der Waals surface area contributed by atoms with E-state index in [9.17, 15) is 9.59 Å². The zero-order valence-corrected chi connectivity index (χ0v) is 10.0. The van der Waals surface area contributed by atoms with Gasteiger partial charge in [-0.05, 0) is 30.9 Å². The van der Waals surface area contributed by atoms with Crippen molar-refractivity contribution in [2.24, 2.45) is 5.92 Å². The molecule has 0 aromatic carbocycles. The van der Waals surface area contributed by atoms with Gasteiger partial charge in [0, 0.05) is 17.9 Å². The van der Waals surface area contributed by atoms with Crippen LogP contribution in [0.1, 0.15) is 25.0 Å². The Morgan fingerprint density at radius 1 is 1.44 bits per heavy atom. The van der Waals surface area contributed by atoms with Crippen LogP contribution >= 0.6 is 0 Å². The quantitative estimate of drug-likeness (QED) is 0.787. The molecule has 5 heteroatoms. The molecule has 2 N–H and O–H groups in total. The summed E-state index contributed by atoms with van der Waals surface area (Å²) in [4.78, 5) is 26.6. The SMILES string of the molecule is O=C(O)CC(NC(=O)Cc1ccccn1)C1CC1. The number of aliphatic carboxylic acids is 1. The number of rotatable bonds is 6. The van der Waals surface area contributed by atoms with Crippen LogP contribution in [-0.2, 0) is 16.0 Å². The van der Waals surface area contributed by atoms with E-state index in [-0.39, 0.29) is 24.8 Å². The summed E-state index contributed by atoms with van der Waals surface area (Å²) in [5.41, 5.74) is 0.694. The lowest BCUT2D eigenvalue weighted by atomic mass is 10.1. The summed E-state index contributed by atoms with van der Waals surface area (Å²) in [6.45, 7) is 0. The van der Waals surface area contributed by atoms with Crippen molar-refractivity contribution in [1.82, 2.24) is 10.3 Å². The van der Waals surface area contributed by atoms with E-state index in [1.54, 1.807) is 18.3 Å². The van der Waals surface area contributed by atoms with Gasteiger partial charge in [-0.15, -0.1) is 0 Å². The number of carbonyl (C=O) groups excluding carboxylic acids is 1. The van der Waals surface area contributed by atoms with Gasteiger partial charge in [0.2, 0.25) is 5.91 Å². The van der Waals surface area contributed by atoms with Gasteiger partial charge in [-0.2, -0.15) is 0 Å². The van der Waals surface area contributed by atoms with Gasteiger partial charge >= 0.3 is 5.97 Å². The van der Waals surface area contributed by atoms with Crippen molar-refractivity contribution in [3.8, 4) is 0 Å². The predicted molar refractivity (Wildman–Crippen MR) is 64.8 cm³/mol. The van der Waals surface area contributed by atoms with E-state index in [0.717, 1.165) is 12.8 Å². The van der Waals surface area contributed by atoms with Crippen LogP contribution in [0.15, 0.2) is 24.4 Å². The molecule has 18 heavy (non-hydrogen) atoms. The summed E-state index contributed by atoms with van der Waals surface area (Å²) >= 11 is 0. The fourth-order valence-electron chi connectivity index (χ4n) is 1.95. The zero-order valence-electron chi connectivity index (χ0n) is 10.0. The van der Waals surface area contributed by atoms with Crippen LogP contribution in [0, 0.1) is 5.92 Å². The minimum absolute atomic E-state index is 0.00136. The number of nitrogens with zero attached hydrogens (tertiary/aromatic N) is 1. The molecule has 0 radical (unpaired) electrons. The number of hydrogen-bond acceptors (Lipinski definition) is 3. The van der Waals surface area contributed by atoms with Gasteiger partial charge in [0.1, 0.15) is 0 Å². The molecule has 1 atom stereocenters. The summed E-state index contributed by atoms with van der Waals surface area (Å²) in [6, 6.07) is 5.16. The highest BCUT2D eigenvalue weighted by atomic mass is 16.4. The molecule has 1 heterocycles. The second kappa shape index (κ2) is 5.62. The molecule has 0 spiro atoms. The lowest BCUT2D eigenvalue weighted by molar-refractivity contribution is -0.137. The van der Waals surface area contributed by atoms with Gasteiger partial charge in [0.25, 0.3) is 0 Å². The maximum Gasteiger partial charge on any atom is 0.305 e. The van der Waals surface area contributed by atoms with Gasteiger partial charge in [-0.3, -0.25) is 14.6 Å². The van der Waals surface area contributed by atoms with Gasteiger partial charge in [0.05, 0.1) is 12.8 Å². The number of aromatic nitrogens is 1. The molecule has 1 aromatic heterocycles. The Morgan fingerprint density at radius 3 is 2.78 bits per heavy atom. The monoisotopic (exact) mass is 248 g/mol. The number of amides is 1. The predicted octanol–water partition coefficient (Wildman–Crippen LogP) is 0.994. The van der Waals surface area contributed by atoms with E-state index in [1.165, 1.54) is 0 Å². The van der Waals surface area contributed by atoms with Crippen molar-refractivity contribution in [2.45, 2.75) is 31.7 Å². The molecular weight excluding hydrogens is 232 g/mol. The van der Waals surface area contributed by atoms with Crippen LogP contribution in [-0.4, -0.2) is 28.0 Å². The standard InChI is InChI=1S/C13H16N2O3/c16-12(7-10-3-1-2-6-14-10)15-11(8-13(17)18)9-4-5-9/h1-3,6,9,11H,4-5,7-8H2,(H,15,16)(H,17,18). The lowest BCUT2D eigenvalue weighted by Crippen LogP contribution is -2.39. The number of pyridine rings is 1. The highest BCUT2D eigenvalue weighted by Gasteiger charge is 2.33. The first-order valence-corrected chi connectivity index (χ1v) is 6.06. The maximum absolute atomic E-state index is 11.8. The summed E-state index contributed by atoms with van der Waals surface area (Å²) in [5.74, 6) is -0.703. The molecular formula is C13H16N2O3. The first-order valence-electron chi connectivity index (χ1n) is 6.06. The van der Waals surface area contributed by atoms with Crippen LogP contribution in [0.4, 0.5) is 0 Å². The van der Waals surface area contributed by atoms with Crippen molar-refractivity contribution in [3.63, 3.8) is 0 Å². The smallest absolute Gasteiger partial charge is 0.305 e. The Kier molecular flexibility index (Phi) is 3.92. The number of nitrogens with one attached hydrogen (secondary N) is 1. The first kappa shape index (κ1) is 12.5. The van der Waals surface area contributed by atoms with E-state index in [2.05, 4.69) is 10.3 Å². The Balaban J connectivity index is 1.87. The maximum atomic E-state index is 11.8. The van der Waals surface area contributed by atoms with Crippen molar-refractivity contribution < 1.29 is 14.7 Å². The summed E-state index contributed by atoms with van der Waals surface area (Å²) in [6.07, 6.45) is 3.84. The lowest BCUT2D eigenvalue weighted by Gasteiger charge is -2.15. The van der Waals surface area contributed by atoms with Crippen molar-refractivity contribution >= 4 is 11.9 Å². The minimum Gasteiger partial charge on any atom is -0.481 e. The minimum atomic E-state index is -0.870. The molecule has 1 amide bonds. The molecule has 0 aliphatic heterocycles. The van der Waals surface area contributed by atoms with E-state index in [4.69, 9.17) is 5.11 Å². The van der Waals surface area contributed by atoms with Gasteiger partial charge in [-0.1, -0.05) is 6.07 Å². The Hall–Kier alpha value is -1.91. The average Bonchev–Trinajstić information content (AvgIpc) is 3.12. The van der Waals surface area contributed by atoms with Crippen molar-refractivity contribution in [2.75, 3.05) is 0 Å². The molecule has 0 bridgehead atoms. The molecule has 96 valence electrons. The second-order valence-electron chi connectivity index (χ2n) is 4.61. The first-order chi connectivity index (χ1) is 8.65. The van der Waals surface area contributed by atoms with E-state index >= 15 is 0 Å². The van der Waals surface area contributed by atoms with Crippen LogP contribution in [0.25, 0.3) is 0 Å². The average molecular weight is 248 g/mol. The third-order valence-electron chi connectivity index (χ3n) is 3.00. The van der Waals surface area contributed by atoms with E-state index in [0.29, 0.717) is 11.6 Å². The molecule has 0 saturated heterocycles. The van der Waals surface area contributed by atoms with Gasteiger partial charge in [0.15, 0.2) is 0 Å². The van der Waals surface area contributed by atoms with Gasteiger partial charge in [-0.25, -0.2) is 0 Å². The zero-order chi connectivity index (χ0) is 13.0. The van der Waals surface area contributed by atoms with Crippen LogP contribution < -0.4 is 5.32 Å². The molecule has 1 saturated carbocycles. The molecule has 2 rings (SSSR count). The summed E-state index contributed by atoms with van der Waals surface area (Å²) in [7, 11) is 0. The third-order valence-corrected chi connectivity index (χ3v) is 3.00. The molecule has 1 aromatic rings. The highest BCUT2D eigenvalue weighted by molar-refractivity contribution is 5.79. The van der Waals surface area contributed by atoms with Crippen molar-refractivity contribution in [1.29, 1.82) is 0 Å². The topological polar surface area (TPSA) is 79.3 Å². The van der Waals surface area contributed by atoms with Crippen LogP contribution in [0.2, 0.25) is 0 Å². The molecule has 1 aliphatic rings. The highest BCUT2D eigenvalue weighted by Crippen LogP contribution is 2.34. The molecule has 1 aliphatic carbocycles. The summed E-state index contributed by atoms with van der Waals surface area (Å²) in [5, 5.41) is 11.6. The van der Waals surface area contributed by atoms with Crippen molar-refractivity contribution in [3.05, 3.63) is 30.1 Å². The molecule has 1 fully saturated rings. The van der Waals surface area contributed by atoms with Gasteiger partial charge < -0.3 is 10.4 Å². The fraction of sp³-hybridized carbons (Fsp3) is 0.462. The van der Waals surface area contributed by atoms with E-state index < -0.39 is 5.97 Å². The number of hydrogen-bond donors (Lipinski definition) is 2.